The summed E-state index contributed by atoms with van der Waals surface area (Å²) in [5.74, 6) is 0. The van der Waals surface area contributed by atoms with Gasteiger partial charge in [0.15, 0.2) is 5.15 Å². The molecule has 0 radical (unpaired) electrons. The smallest absolute Gasteiger partial charge is 0.151 e. The van der Waals surface area contributed by atoms with Gasteiger partial charge in [0.2, 0.25) is 0 Å². The van der Waals surface area contributed by atoms with Crippen LogP contribution in [0.25, 0.3) is 0 Å². The van der Waals surface area contributed by atoms with Crippen LogP contribution in [0.4, 0.5) is 0 Å². The number of aryl methyl sites for hydroxylation is 1. The average Bonchev–Trinajstić information content (AvgIpc) is 2.29. The molecule has 0 aliphatic rings. The predicted molar refractivity (Wildman–Crippen MR) is 49.4 cm³/mol. The molecule has 1 rings (SSSR count). The third-order valence-electron chi connectivity index (χ3n) is 1.68. The third kappa shape index (κ3) is 1.61. The molecule has 0 spiro atoms. The van der Waals surface area contributed by atoms with Crippen LogP contribution in [0.3, 0.4) is 0 Å². The van der Waals surface area contributed by atoms with E-state index in [2.05, 4.69) is 31.1 Å². The number of halogens is 1. The molecule has 0 fully saturated rings. The van der Waals surface area contributed by atoms with Crippen LogP contribution in [-0.2, 0) is 12.0 Å². The minimum atomic E-state index is -0.0233. The quantitative estimate of drug-likeness (QED) is 0.675. The number of hydrogen-bond acceptors (Lipinski definition) is 2. The first-order valence-corrected chi connectivity index (χ1v) is 4.44. The Hall–Kier alpha value is -0.570. The van der Waals surface area contributed by atoms with Gasteiger partial charge in [0.05, 0.1) is 0 Å². The topological polar surface area (TPSA) is 30.7 Å². The van der Waals surface area contributed by atoms with Crippen molar-refractivity contribution >= 4 is 11.6 Å². The van der Waals surface area contributed by atoms with Gasteiger partial charge in [-0.15, -0.1) is 5.10 Å². The van der Waals surface area contributed by atoms with Crippen LogP contribution in [-0.4, -0.2) is 15.0 Å². The van der Waals surface area contributed by atoms with Crippen molar-refractivity contribution in [2.45, 2.75) is 39.7 Å². The Balaban J connectivity index is 3.11. The maximum atomic E-state index is 6.05. The van der Waals surface area contributed by atoms with Crippen molar-refractivity contribution in [1.82, 2.24) is 15.0 Å². The van der Waals surface area contributed by atoms with Crippen molar-refractivity contribution in [3.63, 3.8) is 0 Å². The minimum absolute atomic E-state index is 0.0233. The Morgan fingerprint density at radius 3 is 2.25 bits per heavy atom. The summed E-state index contributed by atoms with van der Waals surface area (Å²) in [5, 5.41) is 8.63. The lowest BCUT2D eigenvalue weighted by molar-refractivity contribution is 0.566. The van der Waals surface area contributed by atoms with Gasteiger partial charge >= 0.3 is 0 Å². The van der Waals surface area contributed by atoms with E-state index >= 15 is 0 Å². The summed E-state index contributed by atoms with van der Waals surface area (Å²) in [6.07, 6.45) is 0. The molecule has 0 saturated heterocycles. The number of rotatable bonds is 1. The highest BCUT2D eigenvalue weighted by molar-refractivity contribution is 6.30. The van der Waals surface area contributed by atoms with Crippen molar-refractivity contribution in [2.24, 2.45) is 0 Å². The molecule has 0 saturated carbocycles. The van der Waals surface area contributed by atoms with Crippen molar-refractivity contribution in [3.8, 4) is 0 Å². The van der Waals surface area contributed by atoms with Crippen LogP contribution >= 0.6 is 11.6 Å². The lowest BCUT2D eigenvalue weighted by atomic mass is 9.93. The molecule has 3 nitrogen and oxygen atoms in total. The molecule has 1 aromatic heterocycles. The highest BCUT2D eigenvalue weighted by Gasteiger charge is 2.22. The maximum Gasteiger partial charge on any atom is 0.151 e. The zero-order valence-electron chi connectivity index (χ0n) is 7.93. The van der Waals surface area contributed by atoms with Crippen LogP contribution in [0.1, 0.15) is 33.4 Å². The molecule has 0 aliphatic carbocycles. The van der Waals surface area contributed by atoms with E-state index in [1.807, 2.05) is 6.92 Å². The fourth-order valence-corrected chi connectivity index (χ4v) is 1.44. The second-order valence-corrected chi connectivity index (χ2v) is 4.15. The maximum absolute atomic E-state index is 6.05. The summed E-state index contributed by atoms with van der Waals surface area (Å²) in [7, 11) is 0. The van der Waals surface area contributed by atoms with Crippen LogP contribution in [0.5, 0.6) is 0 Å². The van der Waals surface area contributed by atoms with E-state index in [9.17, 15) is 0 Å². The summed E-state index contributed by atoms with van der Waals surface area (Å²) in [4.78, 5) is 0. The Morgan fingerprint density at radius 1 is 1.42 bits per heavy atom. The second kappa shape index (κ2) is 3.05. The molecule has 0 amide bonds. The molecule has 12 heavy (non-hydrogen) atoms. The van der Waals surface area contributed by atoms with E-state index in [1.165, 1.54) is 0 Å². The van der Waals surface area contributed by atoms with Crippen LogP contribution in [0.15, 0.2) is 0 Å². The molecular formula is C8H14ClN3. The van der Waals surface area contributed by atoms with Crippen LogP contribution < -0.4 is 0 Å². The van der Waals surface area contributed by atoms with E-state index in [4.69, 9.17) is 11.6 Å². The Kier molecular flexibility index (Phi) is 2.42. The highest BCUT2D eigenvalue weighted by Crippen LogP contribution is 2.26. The first kappa shape index (κ1) is 9.52. The van der Waals surface area contributed by atoms with Crippen molar-refractivity contribution in [1.29, 1.82) is 0 Å². The Labute approximate surface area is 77.7 Å². The molecule has 0 N–H and O–H groups in total. The first-order chi connectivity index (χ1) is 5.46. The highest BCUT2D eigenvalue weighted by atomic mass is 35.5. The summed E-state index contributed by atoms with van der Waals surface area (Å²) in [5.41, 5.74) is 0.843. The van der Waals surface area contributed by atoms with Crippen LogP contribution in [0, 0.1) is 0 Å². The fourth-order valence-electron chi connectivity index (χ4n) is 0.963. The molecule has 0 atom stereocenters. The molecule has 68 valence electrons. The molecular weight excluding hydrogens is 174 g/mol. The standard InChI is InChI=1S/C8H14ClN3/c1-5-12-7(9)6(10-11-12)8(2,3)4/h5H2,1-4H3. The van der Waals surface area contributed by atoms with Crippen molar-refractivity contribution in [2.75, 3.05) is 0 Å². The normalized spacial score (nSPS) is 12.1. The lowest BCUT2D eigenvalue weighted by Crippen LogP contribution is -2.12. The fraction of sp³-hybridized carbons (Fsp3) is 0.750. The minimum Gasteiger partial charge on any atom is -0.234 e. The molecule has 1 aromatic rings. The summed E-state index contributed by atoms with van der Waals surface area (Å²) in [6, 6.07) is 0. The van der Waals surface area contributed by atoms with Crippen LogP contribution in [0.2, 0.25) is 5.15 Å². The van der Waals surface area contributed by atoms with E-state index in [-0.39, 0.29) is 5.41 Å². The zero-order valence-corrected chi connectivity index (χ0v) is 8.68. The van der Waals surface area contributed by atoms with Gasteiger partial charge in [-0.05, 0) is 6.92 Å². The zero-order chi connectivity index (χ0) is 9.35. The van der Waals surface area contributed by atoms with Gasteiger partial charge in [-0.2, -0.15) is 0 Å². The van der Waals surface area contributed by atoms with Gasteiger partial charge < -0.3 is 0 Å². The summed E-state index contributed by atoms with van der Waals surface area (Å²) < 4.78 is 1.70. The van der Waals surface area contributed by atoms with E-state index < -0.39 is 0 Å². The predicted octanol–water partition coefficient (Wildman–Crippen LogP) is 2.25. The van der Waals surface area contributed by atoms with Gasteiger partial charge in [0.25, 0.3) is 0 Å². The van der Waals surface area contributed by atoms with E-state index in [0.29, 0.717) is 5.15 Å². The van der Waals surface area contributed by atoms with Gasteiger partial charge in [-0.3, -0.25) is 0 Å². The van der Waals surface area contributed by atoms with Gasteiger partial charge in [0.1, 0.15) is 5.69 Å². The monoisotopic (exact) mass is 187 g/mol. The van der Waals surface area contributed by atoms with E-state index in [1.54, 1.807) is 4.68 Å². The van der Waals surface area contributed by atoms with Gasteiger partial charge in [-0.25, -0.2) is 4.68 Å². The number of aromatic nitrogens is 3. The molecule has 1 heterocycles. The Morgan fingerprint density at radius 2 is 2.00 bits per heavy atom. The third-order valence-corrected chi connectivity index (χ3v) is 2.06. The average molecular weight is 188 g/mol. The Bertz CT molecular complexity index is 272. The van der Waals surface area contributed by atoms with Crippen molar-refractivity contribution in [3.05, 3.63) is 10.8 Å². The molecule has 4 heteroatoms. The lowest BCUT2D eigenvalue weighted by Gasteiger charge is -2.14. The molecule has 0 unspecified atom stereocenters. The summed E-state index contributed by atoms with van der Waals surface area (Å²) >= 11 is 6.05. The van der Waals surface area contributed by atoms with Gasteiger partial charge in [-0.1, -0.05) is 37.6 Å². The molecule has 0 aromatic carbocycles. The molecule has 0 bridgehead atoms. The van der Waals surface area contributed by atoms with Gasteiger partial charge in [0, 0.05) is 12.0 Å². The second-order valence-electron chi connectivity index (χ2n) is 3.79. The SMILES string of the molecule is CCn1nnc(C(C)(C)C)c1Cl. The number of hydrogen-bond donors (Lipinski definition) is 0. The van der Waals surface area contributed by atoms with E-state index in [0.717, 1.165) is 12.2 Å². The number of nitrogens with zero attached hydrogens (tertiary/aromatic N) is 3. The first-order valence-electron chi connectivity index (χ1n) is 4.06. The summed E-state index contributed by atoms with van der Waals surface area (Å²) in [6.45, 7) is 8.98. The van der Waals surface area contributed by atoms with Crippen molar-refractivity contribution < 1.29 is 0 Å². The largest absolute Gasteiger partial charge is 0.234 e. The molecule has 0 aliphatic heterocycles.